The molecular weight excluding hydrogens is 406 g/mol. The Morgan fingerprint density at radius 3 is 2.43 bits per heavy atom. The molecule has 0 aromatic heterocycles. The third kappa shape index (κ3) is 7.58. The molecule has 30 heavy (non-hydrogen) atoms. The normalized spacial score (nSPS) is 11.1. The number of anilines is 1. The number of rotatable bonds is 11. The number of hydrogen-bond donors (Lipinski definition) is 3. The van der Waals surface area contributed by atoms with Gasteiger partial charge in [-0.05, 0) is 49.7 Å². The van der Waals surface area contributed by atoms with Crippen molar-refractivity contribution >= 4 is 27.5 Å². The third-order valence-corrected chi connectivity index (χ3v) is 5.66. The zero-order chi connectivity index (χ0) is 22.0. The second-order valence-corrected chi connectivity index (χ2v) is 8.46. The van der Waals surface area contributed by atoms with E-state index in [2.05, 4.69) is 15.4 Å². The van der Waals surface area contributed by atoms with Crippen LogP contribution in [0, 0.1) is 6.92 Å². The van der Waals surface area contributed by atoms with Crippen LogP contribution in [0.1, 0.15) is 28.8 Å². The molecule has 0 aliphatic heterocycles. The highest BCUT2D eigenvalue weighted by Crippen LogP contribution is 2.14. The van der Waals surface area contributed by atoms with Gasteiger partial charge in [0.05, 0.1) is 4.90 Å². The van der Waals surface area contributed by atoms with Crippen molar-refractivity contribution in [3.05, 3.63) is 59.7 Å². The molecular formula is C21H27N3O5S. The molecule has 2 amide bonds. The van der Waals surface area contributed by atoms with Gasteiger partial charge in [0.25, 0.3) is 5.91 Å². The summed E-state index contributed by atoms with van der Waals surface area (Å²) < 4.78 is 31.8. The molecule has 0 atom stereocenters. The Kier molecular flexibility index (Phi) is 8.97. The number of ether oxygens (including phenoxy) is 1. The summed E-state index contributed by atoms with van der Waals surface area (Å²) in [6, 6.07) is 13.1. The van der Waals surface area contributed by atoms with Crippen molar-refractivity contribution in [3.63, 3.8) is 0 Å². The minimum absolute atomic E-state index is 0.0959. The molecule has 0 radical (unpaired) electrons. The lowest BCUT2D eigenvalue weighted by atomic mass is 10.1. The van der Waals surface area contributed by atoms with Crippen LogP contribution in [-0.2, 0) is 19.6 Å². The molecule has 0 spiro atoms. The van der Waals surface area contributed by atoms with E-state index in [1.165, 1.54) is 24.3 Å². The van der Waals surface area contributed by atoms with Gasteiger partial charge in [0, 0.05) is 44.5 Å². The van der Waals surface area contributed by atoms with E-state index in [0.717, 1.165) is 5.56 Å². The molecule has 0 heterocycles. The quantitative estimate of drug-likeness (QED) is 0.470. The molecule has 0 fully saturated rings. The van der Waals surface area contributed by atoms with Gasteiger partial charge in [-0.15, -0.1) is 0 Å². The Morgan fingerprint density at radius 2 is 1.77 bits per heavy atom. The lowest BCUT2D eigenvalue weighted by Crippen LogP contribution is -2.27. The van der Waals surface area contributed by atoms with E-state index in [1.54, 1.807) is 25.3 Å². The molecule has 2 rings (SSSR count). The predicted octanol–water partition coefficient (Wildman–Crippen LogP) is 2.07. The van der Waals surface area contributed by atoms with Crippen LogP contribution in [0.5, 0.6) is 0 Å². The van der Waals surface area contributed by atoms with Crippen LogP contribution in [0.25, 0.3) is 0 Å². The lowest BCUT2D eigenvalue weighted by Gasteiger charge is -2.09. The van der Waals surface area contributed by atoms with Crippen LogP contribution in [0.3, 0.4) is 0 Å². The third-order valence-electron chi connectivity index (χ3n) is 4.18. The standard InChI is InChI=1S/C21H27N3O5S/c1-16-5-3-6-17(15-16)21(26)22-13-11-20(25)24-18-7-9-19(10-8-18)30(27,28)23-12-4-14-29-2/h3,5-10,15,23H,4,11-14H2,1-2H3,(H,22,26)(H,24,25). The fourth-order valence-electron chi connectivity index (χ4n) is 2.63. The van der Waals surface area contributed by atoms with E-state index in [0.29, 0.717) is 24.3 Å². The maximum Gasteiger partial charge on any atom is 0.251 e. The number of methoxy groups -OCH3 is 1. The van der Waals surface area contributed by atoms with Gasteiger partial charge in [-0.3, -0.25) is 9.59 Å². The first-order valence-corrected chi connectivity index (χ1v) is 11.0. The van der Waals surface area contributed by atoms with E-state index in [4.69, 9.17) is 4.74 Å². The van der Waals surface area contributed by atoms with Crippen molar-refractivity contribution in [2.24, 2.45) is 0 Å². The van der Waals surface area contributed by atoms with Crippen molar-refractivity contribution in [1.29, 1.82) is 0 Å². The Bertz CT molecular complexity index is 959. The van der Waals surface area contributed by atoms with Crippen LogP contribution < -0.4 is 15.4 Å². The topological polar surface area (TPSA) is 114 Å². The monoisotopic (exact) mass is 433 g/mol. The summed E-state index contributed by atoms with van der Waals surface area (Å²) in [5, 5.41) is 5.39. The first kappa shape index (κ1) is 23.5. The molecule has 0 aliphatic carbocycles. The Hall–Kier alpha value is -2.75. The summed E-state index contributed by atoms with van der Waals surface area (Å²) in [6.45, 7) is 2.84. The van der Waals surface area contributed by atoms with Crippen LogP contribution in [0.15, 0.2) is 53.4 Å². The summed E-state index contributed by atoms with van der Waals surface area (Å²) in [6.07, 6.45) is 0.670. The zero-order valence-electron chi connectivity index (χ0n) is 17.1. The molecule has 162 valence electrons. The highest BCUT2D eigenvalue weighted by atomic mass is 32.2. The molecule has 2 aromatic carbocycles. The number of carbonyl (C=O) groups excluding carboxylic acids is 2. The van der Waals surface area contributed by atoms with Crippen LogP contribution >= 0.6 is 0 Å². The average Bonchev–Trinajstić information content (AvgIpc) is 2.71. The van der Waals surface area contributed by atoms with E-state index in [-0.39, 0.29) is 36.2 Å². The number of carbonyl (C=O) groups is 2. The molecule has 8 nitrogen and oxygen atoms in total. The summed E-state index contributed by atoms with van der Waals surface area (Å²) in [4.78, 5) is 24.2. The fourth-order valence-corrected chi connectivity index (χ4v) is 3.70. The Morgan fingerprint density at radius 1 is 1.03 bits per heavy atom. The molecule has 0 saturated heterocycles. The molecule has 0 saturated carbocycles. The smallest absolute Gasteiger partial charge is 0.251 e. The summed E-state index contributed by atoms with van der Waals surface area (Å²) >= 11 is 0. The van der Waals surface area contributed by atoms with Gasteiger partial charge in [0.15, 0.2) is 0 Å². The second kappa shape index (κ2) is 11.4. The van der Waals surface area contributed by atoms with Crippen molar-refractivity contribution in [3.8, 4) is 0 Å². The molecule has 0 unspecified atom stereocenters. The average molecular weight is 434 g/mol. The van der Waals surface area contributed by atoms with E-state index in [1.807, 2.05) is 13.0 Å². The van der Waals surface area contributed by atoms with Gasteiger partial charge in [-0.2, -0.15) is 0 Å². The predicted molar refractivity (Wildman–Crippen MR) is 115 cm³/mol. The summed E-state index contributed by atoms with van der Waals surface area (Å²) in [5.41, 5.74) is 2.00. The second-order valence-electron chi connectivity index (χ2n) is 6.69. The number of hydrogen-bond acceptors (Lipinski definition) is 5. The first-order chi connectivity index (χ1) is 14.3. The van der Waals surface area contributed by atoms with Crippen LogP contribution in [0.4, 0.5) is 5.69 Å². The van der Waals surface area contributed by atoms with E-state index >= 15 is 0 Å². The van der Waals surface area contributed by atoms with Crippen LogP contribution in [0.2, 0.25) is 0 Å². The van der Waals surface area contributed by atoms with Crippen molar-refractivity contribution < 1.29 is 22.7 Å². The van der Waals surface area contributed by atoms with Crippen molar-refractivity contribution in [2.45, 2.75) is 24.7 Å². The van der Waals surface area contributed by atoms with Gasteiger partial charge < -0.3 is 15.4 Å². The molecule has 0 bridgehead atoms. The summed E-state index contributed by atoms with van der Waals surface area (Å²) in [7, 11) is -2.05. The highest BCUT2D eigenvalue weighted by Gasteiger charge is 2.13. The van der Waals surface area contributed by atoms with Gasteiger partial charge in [-0.25, -0.2) is 13.1 Å². The van der Waals surface area contributed by atoms with Gasteiger partial charge in [0.1, 0.15) is 0 Å². The van der Waals surface area contributed by atoms with Crippen LogP contribution in [-0.4, -0.2) is 47.0 Å². The first-order valence-electron chi connectivity index (χ1n) is 9.55. The van der Waals surface area contributed by atoms with E-state index < -0.39 is 10.0 Å². The number of aryl methyl sites for hydroxylation is 1. The minimum Gasteiger partial charge on any atom is -0.385 e. The fraction of sp³-hybridized carbons (Fsp3) is 0.333. The molecule has 3 N–H and O–H groups in total. The number of benzene rings is 2. The molecule has 9 heteroatoms. The number of nitrogens with one attached hydrogen (secondary N) is 3. The Balaban J connectivity index is 1.79. The highest BCUT2D eigenvalue weighted by molar-refractivity contribution is 7.89. The molecule has 2 aromatic rings. The van der Waals surface area contributed by atoms with Gasteiger partial charge in [-0.1, -0.05) is 17.7 Å². The number of sulfonamides is 1. The zero-order valence-corrected chi connectivity index (χ0v) is 17.9. The maximum atomic E-state index is 12.2. The Labute approximate surface area is 177 Å². The largest absolute Gasteiger partial charge is 0.385 e. The SMILES string of the molecule is COCCCNS(=O)(=O)c1ccc(NC(=O)CCNC(=O)c2cccc(C)c2)cc1. The van der Waals surface area contributed by atoms with Gasteiger partial charge in [0.2, 0.25) is 15.9 Å². The molecule has 0 aliphatic rings. The van der Waals surface area contributed by atoms with E-state index in [9.17, 15) is 18.0 Å². The number of amides is 2. The minimum atomic E-state index is -3.60. The lowest BCUT2D eigenvalue weighted by molar-refractivity contribution is -0.116. The van der Waals surface area contributed by atoms with Gasteiger partial charge >= 0.3 is 0 Å². The van der Waals surface area contributed by atoms with Crippen molar-refractivity contribution in [2.75, 3.05) is 32.1 Å². The summed E-state index contributed by atoms with van der Waals surface area (Å²) in [5.74, 6) is -0.521. The van der Waals surface area contributed by atoms with Crippen molar-refractivity contribution in [1.82, 2.24) is 10.0 Å². The maximum absolute atomic E-state index is 12.2.